The zero-order chi connectivity index (χ0) is 12.5. The highest BCUT2D eigenvalue weighted by Crippen LogP contribution is 2.12. The summed E-state index contributed by atoms with van der Waals surface area (Å²) in [5.74, 6) is 1.38. The van der Waals surface area contributed by atoms with E-state index in [1.165, 1.54) is 6.33 Å². The number of sulfone groups is 1. The number of aromatic nitrogens is 3. The number of nitrogens with zero attached hydrogens (tertiary/aromatic N) is 3. The molecule has 0 aromatic carbocycles. The van der Waals surface area contributed by atoms with Crippen LogP contribution in [0.15, 0.2) is 6.33 Å². The van der Waals surface area contributed by atoms with Crippen molar-refractivity contribution >= 4 is 9.84 Å². The lowest BCUT2D eigenvalue weighted by Gasteiger charge is -2.12. The summed E-state index contributed by atoms with van der Waals surface area (Å²) >= 11 is 0. The Labute approximate surface area is 101 Å². The Balaban J connectivity index is 1.92. The first-order valence-electron chi connectivity index (χ1n) is 5.80. The predicted molar refractivity (Wildman–Crippen MR) is 64.3 cm³/mol. The fourth-order valence-electron chi connectivity index (χ4n) is 2.02. The maximum atomic E-state index is 11.3. The Morgan fingerprint density at radius 3 is 2.94 bits per heavy atom. The summed E-state index contributed by atoms with van der Waals surface area (Å²) in [4.78, 5) is 4.17. The van der Waals surface area contributed by atoms with Crippen LogP contribution in [0.2, 0.25) is 0 Å². The number of hydrogen-bond acceptors (Lipinski definition) is 5. The molecule has 2 heterocycles. The molecular weight excluding hydrogens is 240 g/mol. The van der Waals surface area contributed by atoms with E-state index in [2.05, 4.69) is 15.4 Å². The molecule has 1 unspecified atom stereocenters. The van der Waals surface area contributed by atoms with Gasteiger partial charge < -0.3 is 5.32 Å². The maximum Gasteiger partial charge on any atom is 0.151 e. The van der Waals surface area contributed by atoms with Gasteiger partial charge in [0.05, 0.1) is 18.1 Å². The zero-order valence-corrected chi connectivity index (χ0v) is 10.9. The topological polar surface area (TPSA) is 76.9 Å². The summed E-state index contributed by atoms with van der Waals surface area (Å²) in [7, 11) is -2.82. The van der Waals surface area contributed by atoms with E-state index in [4.69, 9.17) is 0 Å². The van der Waals surface area contributed by atoms with Gasteiger partial charge in [-0.25, -0.2) is 18.1 Å². The van der Waals surface area contributed by atoms with Gasteiger partial charge in [-0.1, -0.05) is 0 Å². The third-order valence-corrected chi connectivity index (χ3v) is 4.69. The molecule has 2 rings (SSSR count). The van der Waals surface area contributed by atoms with Gasteiger partial charge >= 0.3 is 0 Å². The molecular formula is C10H18N4O2S. The van der Waals surface area contributed by atoms with Crippen molar-refractivity contribution in [2.24, 2.45) is 0 Å². The first kappa shape index (κ1) is 12.5. The third-order valence-electron chi connectivity index (χ3n) is 2.92. The van der Waals surface area contributed by atoms with E-state index in [0.29, 0.717) is 18.7 Å². The molecule has 0 radical (unpaired) electrons. The second-order valence-corrected chi connectivity index (χ2v) is 6.92. The highest BCUT2D eigenvalue weighted by molar-refractivity contribution is 7.91. The summed E-state index contributed by atoms with van der Waals surface area (Å²) in [6.45, 7) is 4.65. The van der Waals surface area contributed by atoms with Gasteiger partial charge in [-0.05, 0) is 20.3 Å². The van der Waals surface area contributed by atoms with Crippen LogP contribution in [0.4, 0.5) is 0 Å². The van der Waals surface area contributed by atoms with E-state index in [-0.39, 0.29) is 17.8 Å². The van der Waals surface area contributed by atoms with Crippen LogP contribution < -0.4 is 5.32 Å². The van der Waals surface area contributed by atoms with Crippen LogP contribution in [0.3, 0.4) is 0 Å². The Hall–Kier alpha value is -0.950. The van der Waals surface area contributed by atoms with Gasteiger partial charge in [0, 0.05) is 12.1 Å². The Morgan fingerprint density at radius 2 is 2.35 bits per heavy atom. The van der Waals surface area contributed by atoms with Gasteiger partial charge in [-0.2, -0.15) is 5.10 Å². The lowest BCUT2D eigenvalue weighted by molar-refractivity contribution is 0.470. The van der Waals surface area contributed by atoms with E-state index in [0.717, 1.165) is 5.82 Å². The van der Waals surface area contributed by atoms with E-state index in [1.807, 2.05) is 18.5 Å². The minimum atomic E-state index is -2.82. The van der Waals surface area contributed by atoms with Gasteiger partial charge in [0.1, 0.15) is 12.2 Å². The molecule has 1 aromatic heterocycles. The second kappa shape index (κ2) is 4.73. The van der Waals surface area contributed by atoms with Crippen molar-refractivity contribution in [2.75, 3.05) is 11.5 Å². The van der Waals surface area contributed by atoms with E-state index in [1.54, 1.807) is 0 Å². The molecule has 17 heavy (non-hydrogen) atoms. The molecule has 7 heteroatoms. The molecule has 0 saturated carbocycles. The summed E-state index contributed by atoms with van der Waals surface area (Å²) in [5.41, 5.74) is 0. The number of rotatable bonds is 4. The van der Waals surface area contributed by atoms with Gasteiger partial charge in [0.25, 0.3) is 0 Å². The minimum absolute atomic E-state index is 0.0531. The van der Waals surface area contributed by atoms with Gasteiger partial charge in [-0.3, -0.25) is 0 Å². The van der Waals surface area contributed by atoms with E-state index in [9.17, 15) is 8.42 Å². The predicted octanol–water partition coefficient (Wildman–Crippen LogP) is 0.136. The van der Waals surface area contributed by atoms with Crippen LogP contribution in [0.1, 0.15) is 32.1 Å². The summed E-state index contributed by atoms with van der Waals surface area (Å²) < 4.78 is 24.5. The van der Waals surface area contributed by atoms with Crippen LogP contribution in [0.25, 0.3) is 0 Å². The van der Waals surface area contributed by atoms with Crippen molar-refractivity contribution in [3.8, 4) is 0 Å². The minimum Gasteiger partial charge on any atom is -0.306 e. The zero-order valence-electron chi connectivity index (χ0n) is 10.1. The van der Waals surface area contributed by atoms with Crippen molar-refractivity contribution in [3.63, 3.8) is 0 Å². The molecule has 0 amide bonds. The SMILES string of the molecule is CC(C)n1ncnc1CNC1CCS(=O)(=O)C1. The second-order valence-electron chi connectivity index (χ2n) is 4.70. The Morgan fingerprint density at radius 1 is 1.59 bits per heavy atom. The molecule has 0 spiro atoms. The molecule has 1 N–H and O–H groups in total. The Bertz CT molecular complexity index is 480. The highest BCUT2D eigenvalue weighted by Gasteiger charge is 2.27. The average Bonchev–Trinajstić information content (AvgIpc) is 2.81. The molecule has 1 aliphatic rings. The van der Waals surface area contributed by atoms with Gasteiger partial charge in [-0.15, -0.1) is 0 Å². The number of nitrogens with one attached hydrogen (secondary N) is 1. The van der Waals surface area contributed by atoms with Crippen molar-refractivity contribution in [1.29, 1.82) is 0 Å². The molecule has 1 atom stereocenters. The van der Waals surface area contributed by atoms with Crippen LogP contribution in [0, 0.1) is 0 Å². The molecule has 6 nitrogen and oxygen atoms in total. The van der Waals surface area contributed by atoms with E-state index >= 15 is 0 Å². The van der Waals surface area contributed by atoms with Gasteiger partial charge in [0.2, 0.25) is 0 Å². The number of hydrogen-bond donors (Lipinski definition) is 1. The first-order chi connectivity index (χ1) is 7.98. The van der Waals surface area contributed by atoms with Crippen LogP contribution in [0.5, 0.6) is 0 Å². The summed E-state index contributed by atoms with van der Waals surface area (Å²) in [5, 5.41) is 7.37. The first-order valence-corrected chi connectivity index (χ1v) is 7.62. The van der Waals surface area contributed by atoms with Crippen molar-refractivity contribution in [1.82, 2.24) is 20.1 Å². The molecule has 96 valence electrons. The van der Waals surface area contributed by atoms with E-state index < -0.39 is 9.84 Å². The smallest absolute Gasteiger partial charge is 0.151 e. The van der Waals surface area contributed by atoms with Gasteiger partial charge in [0.15, 0.2) is 9.84 Å². The summed E-state index contributed by atoms with van der Waals surface area (Å²) in [6.07, 6.45) is 2.22. The lowest BCUT2D eigenvalue weighted by Crippen LogP contribution is -2.31. The Kier molecular flexibility index (Phi) is 3.48. The fraction of sp³-hybridized carbons (Fsp3) is 0.800. The molecule has 1 aliphatic heterocycles. The van der Waals surface area contributed by atoms with Crippen molar-refractivity contribution in [2.45, 2.75) is 38.9 Å². The average molecular weight is 258 g/mol. The third kappa shape index (κ3) is 3.04. The fourth-order valence-corrected chi connectivity index (χ4v) is 3.73. The largest absolute Gasteiger partial charge is 0.306 e. The van der Waals surface area contributed by atoms with Crippen LogP contribution >= 0.6 is 0 Å². The van der Waals surface area contributed by atoms with Crippen LogP contribution in [-0.2, 0) is 16.4 Å². The normalized spacial score (nSPS) is 23.4. The van der Waals surface area contributed by atoms with Crippen LogP contribution in [-0.4, -0.2) is 40.7 Å². The molecule has 1 fully saturated rings. The monoisotopic (exact) mass is 258 g/mol. The molecule has 0 aliphatic carbocycles. The molecule has 1 aromatic rings. The highest BCUT2D eigenvalue weighted by atomic mass is 32.2. The molecule has 0 bridgehead atoms. The summed E-state index contributed by atoms with van der Waals surface area (Å²) in [6, 6.07) is 0.318. The maximum absolute atomic E-state index is 11.3. The molecule has 1 saturated heterocycles. The standard InChI is InChI=1S/C10H18N4O2S/c1-8(2)14-10(12-7-13-14)5-11-9-3-4-17(15,16)6-9/h7-9,11H,3-6H2,1-2H3. The lowest BCUT2D eigenvalue weighted by atomic mass is 10.2. The van der Waals surface area contributed by atoms with Crippen molar-refractivity contribution in [3.05, 3.63) is 12.2 Å². The quantitative estimate of drug-likeness (QED) is 0.831. The van der Waals surface area contributed by atoms with Crippen molar-refractivity contribution < 1.29 is 8.42 Å².